The summed E-state index contributed by atoms with van der Waals surface area (Å²) in [5, 5.41) is 2.84. The number of para-hydroxylation sites is 1. The molecule has 0 bridgehead atoms. The second-order valence-electron chi connectivity index (χ2n) is 7.70. The summed E-state index contributed by atoms with van der Waals surface area (Å²) in [6.07, 6.45) is 1.13. The number of sulfonamides is 1. The van der Waals surface area contributed by atoms with Crippen molar-refractivity contribution < 1.29 is 13.2 Å². The molecule has 10 nitrogen and oxygen atoms in total. The third kappa shape index (κ3) is 5.13. The van der Waals surface area contributed by atoms with E-state index in [0.29, 0.717) is 31.4 Å². The van der Waals surface area contributed by atoms with E-state index in [9.17, 15) is 22.8 Å². The summed E-state index contributed by atoms with van der Waals surface area (Å²) in [4.78, 5) is 41.9. The van der Waals surface area contributed by atoms with Gasteiger partial charge >= 0.3 is 11.1 Å². The molecule has 4 N–H and O–H groups in total. The molecular weight excluding hydrogens is 434 g/mol. The second kappa shape index (κ2) is 9.07. The summed E-state index contributed by atoms with van der Waals surface area (Å²) in [5.74, 6) is -0.113. The van der Waals surface area contributed by atoms with E-state index < -0.39 is 21.1 Å². The monoisotopic (exact) mass is 457 g/mol. The molecule has 0 unspecified atom stereocenters. The third-order valence-electron chi connectivity index (χ3n) is 5.34. The number of hydrogen-bond acceptors (Lipinski definition) is 6. The van der Waals surface area contributed by atoms with Gasteiger partial charge in [0, 0.05) is 24.8 Å². The Hall–Kier alpha value is -3.28. The van der Waals surface area contributed by atoms with E-state index >= 15 is 0 Å². The van der Waals surface area contributed by atoms with Crippen LogP contribution in [-0.2, 0) is 14.8 Å². The lowest BCUT2D eigenvalue weighted by molar-refractivity contribution is -0.117. The molecule has 168 valence electrons. The maximum atomic E-state index is 12.8. The summed E-state index contributed by atoms with van der Waals surface area (Å²) < 4.78 is 28.3. The number of aromatic nitrogens is 2. The van der Waals surface area contributed by atoms with Gasteiger partial charge in [0.1, 0.15) is 0 Å². The number of carbonyl (C=O) groups is 1. The highest BCUT2D eigenvalue weighted by molar-refractivity contribution is 7.89. The zero-order valence-electron chi connectivity index (χ0n) is 17.1. The number of anilines is 1. The Bertz CT molecular complexity index is 1340. The van der Waals surface area contributed by atoms with Crippen LogP contribution >= 0.6 is 0 Å². The van der Waals surface area contributed by atoms with E-state index in [2.05, 4.69) is 20.0 Å². The van der Waals surface area contributed by atoms with E-state index in [1.165, 1.54) is 18.2 Å². The fourth-order valence-electron chi connectivity index (χ4n) is 3.68. The Morgan fingerprint density at radius 1 is 0.969 bits per heavy atom. The average molecular weight is 458 g/mol. The fourth-order valence-corrected chi connectivity index (χ4v) is 5.01. The Morgan fingerprint density at radius 3 is 2.31 bits per heavy atom. The molecule has 0 atom stereocenters. The summed E-state index contributed by atoms with van der Waals surface area (Å²) >= 11 is 0. The largest absolute Gasteiger partial charge is 0.325 e. The smallest absolute Gasteiger partial charge is 0.314 e. The lowest BCUT2D eigenvalue weighted by Crippen LogP contribution is -2.46. The number of carbonyl (C=O) groups excluding carboxylic acids is 1. The Labute approximate surface area is 183 Å². The van der Waals surface area contributed by atoms with Crippen LogP contribution in [0.25, 0.3) is 11.0 Å². The van der Waals surface area contributed by atoms with Gasteiger partial charge in [0.25, 0.3) is 0 Å². The van der Waals surface area contributed by atoms with Crippen molar-refractivity contribution in [2.45, 2.75) is 23.8 Å². The molecule has 4 rings (SSSR count). The number of nitrogens with zero attached hydrogens (tertiary/aromatic N) is 1. The minimum atomic E-state index is -3.82. The highest BCUT2D eigenvalue weighted by Crippen LogP contribution is 2.18. The van der Waals surface area contributed by atoms with E-state index in [4.69, 9.17) is 0 Å². The number of piperidine rings is 1. The van der Waals surface area contributed by atoms with Gasteiger partial charge in [0.05, 0.1) is 22.5 Å². The third-order valence-corrected chi connectivity index (χ3v) is 6.86. The molecule has 0 spiro atoms. The molecule has 2 aromatic carbocycles. The quantitative estimate of drug-likeness (QED) is 0.399. The van der Waals surface area contributed by atoms with Crippen LogP contribution in [0.15, 0.2) is 63.0 Å². The summed E-state index contributed by atoms with van der Waals surface area (Å²) in [7, 11) is -3.82. The van der Waals surface area contributed by atoms with Crippen LogP contribution in [0.5, 0.6) is 0 Å². The SMILES string of the molecule is O=C(CN1CCC(NS(=O)(=O)c2ccc3[nH]c(=O)c(=O)[nH]c3c2)CC1)Nc1ccccc1. The van der Waals surface area contributed by atoms with Gasteiger partial charge in [0.15, 0.2) is 0 Å². The standard InChI is InChI=1S/C21H23N5O5S/c27-19(22-14-4-2-1-3-5-14)13-26-10-8-15(9-11-26)25-32(30,31)16-6-7-17-18(12-16)24-21(29)20(28)23-17/h1-7,12,15,25H,8-11,13H2,(H,22,27)(H,23,28)(H,24,29). The van der Waals surface area contributed by atoms with E-state index in [1.807, 2.05) is 35.2 Å². The van der Waals surface area contributed by atoms with Crippen LogP contribution in [0, 0.1) is 0 Å². The molecule has 0 radical (unpaired) electrons. The minimum absolute atomic E-state index is 0.00244. The number of rotatable bonds is 6. The van der Waals surface area contributed by atoms with Crippen LogP contribution < -0.4 is 21.2 Å². The molecule has 0 saturated carbocycles. The zero-order chi connectivity index (χ0) is 22.7. The number of H-pyrrole nitrogens is 2. The lowest BCUT2D eigenvalue weighted by atomic mass is 10.1. The maximum absolute atomic E-state index is 12.8. The van der Waals surface area contributed by atoms with Crippen molar-refractivity contribution in [1.82, 2.24) is 19.6 Å². The zero-order valence-corrected chi connectivity index (χ0v) is 17.9. The number of nitrogens with one attached hydrogen (secondary N) is 4. The number of hydrogen-bond donors (Lipinski definition) is 4. The van der Waals surface area contributed by atoms with Crippen molar-refractivity contribution in [2.75, 3.05) is 25.0 Å². The van der Waals surface area contributed by atoms with Crippen molar-refractivity contribution in [3.05, 3.63) is 69.2 Å². The summed E-state index contributed by atoms with van der Waals surface area (Å²) in [6, 6.07) is 13.1. The summed E-state index contributed by atoms with van der Waals surface area (Å²) in [6.45, 7) is 1.41. The molecular formula is C21H23N5O5S. The van der Waals surface area contributed by atoms with Crippen molar-refractivity contribution >= 4 is 32.7 Å². The van der Waals surface area contributed by atoms with Crippen molar-refractivity contribution in [2.24, 2.45) is 0 Å². The van der Waals surface area contributed by atoms with Gasteiger partial charge in [-0.1, -0.05) is 18.2 Å². The van der Waals surface area contributed by atoms with Gasteiger partial charge < -0.3 is 15.3 Å². The van der Waals surface area contributed by atoms with Crippen LogP contribution in [-0.4, -0.2) is 54.9 Å². The maximum Gasteiger partial charge on any atom is 0.314 e. The van der Waals surface area contributed by atoms with Crippen molar-refractivity contribution in [3.63, 3.8) is 0 Å². The first-order valence-electron chi connectivity index (χ1n) is 10.2. The number of benzene rings is 2. The lowest BCUT2D eigenvalue weighted by Gasteiger charge is -2.31. The summed E-state index contributed by atoms with van der Waals surface area (Å²) in [5.41, 5.74) is -0.326. The van der Waals surface area contributed by atoms with Crippen LogP contribution in [0.3, 0.4) is 0 Å². The second-order valence-corrected chi connectivity index (χ2v) is 9.42. The minimum Gasteiger partial charge on any atom is -0.325 e. The van der Waals surface area contributed by atoms with E-state index in [-0.39, 0.29) is 28.9 Å². The molecule has 1 saturated heterocycles. The Balaban J connectivity index is 1.34. The first-order valence-corrected chi connectivity index (χ1v) is 11.6. The molecule has 1 aliphatic rings. The van der Waals surface area contributed by atoms with Gasteiger partial charge in [-0.05, 0) is 43.2 Å². The highest BCUT2D eigenvalue weighted by atomic mass is 32.2. The van der Waals surface area contributed by atoms with Gasteiger partial charge in [-0.3, -0.25) is 19.3 Å². The van der Waals surface area contributed by atoms with Crippen molar-refractivity contribution in [3.8, 4) is 0 Å². The van der Waals surface area contributed by atoms with E-state index in [0.717, 1.165) is 5.69 Å². The predicted molar refractivity (Wildman–Crippen MR) is 120 cm³/mol. The average Bonchev–Trinajstić information content (AvgIpc) is 2.76. The topological polar surface area (TPSA) is 144 Å². The Kier molecular flexibility index (Phi) is 6.21. The molecule has 11 heteroatoms. The molecule has 1 aromatic heterocycles. The molecule has 32 heavy (non-hydrogen) atoms. The van der Waals surface area contributed by atoms with Gasteiger partial charge in [-0.15, -0.1) is 0 Å². The number of fused-ring (bicyclic) bond motifs is 1. The first-order chi connectivity index (χ1) is 15.3. The van der Waals surface area contributed by atoms with Crippen LogP contribution in [0.4, 0.5) is 5.69 Å². The van der Waals surface area contributed by atoms with E-state index in [1.54, 1.807) is 0 Å². The van der Waals surface area contributed by atoms with Gasteiger partial charge in [-0.2, -0.15) is 0 Å². The number of amides is 1. The molecule has 1 fully saturated rings. The highest BCUT2D eigenvalue weighted by Gasteiger charge is 2.25. The van der Waals surface area contributed by atoms with Crippen LogP contribution in [0.2, 0.25) is 0 Å². The number of aromatic amines is 2. The first kappa shape index (κ1) is 21.9. The van der Waals surface area contributed by atoms with Gasteiger partial charge in [-0.25, -0.2) is 13.1 Å². The van der Waals surface area contributed by atoms with Crippen LogP contribution in [0.1, 0.15) is 12.8 Å². The number of likely N-dealkylation sites (tertiary alicyclic amines) is 1. The predicted octanol–water partition coefficient (Wildman–Crippen LogP) is 0.598. The molecule has 2 heterocycles. The molecule has 1 aliphatic heterocycles. The Morgan fingerprint density at radius 2 is 1.62 bits per heavy atom. The van der Waals surface area contributed by atoms with Gasteiger partial charge in [0.2, 0.25) is 15.9 Å². The fraction of sp³-hybridized carbons (Fsp3) is 0.286. The normalized spacial score (nSPS) is 15.6. The molecule has 3 aromatic rings. The molecule has 0 aliphatic carbocycles. The molecule has 1 amide bonds. The van der Waals surface area contributed by atoms with Crippen molar-refractivity contribution in [1.29, 1.82) is 0 Å².